The zero-order valence-corrected chi connectivity index (χ0v) is 10.2. The second-order valence-corrected chi connectivity index (χ2v) is 5.40. The number of hydrogen-bond donors (Lipinski definition) is 2. The summed E-state index contributed by atoms with van der Waals surface area (Å²) in [6.45, 7) is 3.51. The van der Waals surface area contributed by atoms with Gasteiger partial charge in [-0.15, -0.1) is 0 Å². The van der Waals surface area contributed by atoms with Gasteiger partial charge in [-0.05, 0) is 0 Å². The van der Waals surface area contributed by atoms with E-state index in [1.165, 1.54) is 8.61 Å². The minimum atomic E-state index is -3.50. The number of likely N-dealkylation sites (N-methyl/N-ethyl adjacent to an activating group) is 1. The maximum absolute atomic E-state index is 12.1. The van der Waals surface area contributed by atoms with E-state index >= 15 is 0 Å². The average Bonchev–Trinajstić information content (AvgIpc) is 2.26. The molecule has 3 N–H and O–H groups in total. The molecule has 0 aromatic heterocycles. The summed E-state index contributed by atoms with van der Waals surface area (Å²) in [4.78, 5) is 0. The molecule has 1 fully saturated rings. The van der Waals surface area contributed by atoms with Crippen LogP contribution in [0.1, 0.15) is 6.92 Å². The van der Waals surface area contributed by atoms with Crippen LogP contribution in [0.15, 0.2) is 0 Å². The number of ether oxygens (including phenoxy) is 1. The first-order chi connectivity index (χ1) is 7.48. The van der Waals surface area contributed by atoms with Crippen LogP contribution in [0.25, 0.3) is 0 Å². The highest BCUT2D eigenvalue weighted by Crippen LogP contribution is 2.10. The number of nitrogens with one attached hydrogen (secondary N) is 1. The van der Waals surface area contributed by atoms with Gasteiger partial charge in [0.05, 0.1) is 19.8 Å². The number of nitrogens with zero attached hydrogens (tertiary/aromatic N) is 2. The first-order valence-corrected chi connectivity index (χ1v) is 6.54. The molecule has 0 spiro atoms. The molecule has 7 nitrogen and oxygen atoms in total. The Bertz CT molecular complexity index is 337. The molecular formula is C8H18N4O3S. The van der Waals surface area contributed by atoms with E-state index in [1.807, 2.05) is 0 Å². The lowest BCUT2D eigenvalue weighted by atomic mass is 10.5. The summed E-state index contributed by atoms with van der Waals surface area (Å²) in [5.41, 5.74) is 5.23. The number of morpholine rings is 1. The van der Waals surface area contributed by atoms with E-state index in [4.69, 9.17) is 15.9 Å². The molecule has 1 saturated heterocycles. The zero-order valence-electron chi connectivity index (χ0n) is 9.35. The minimum absolute atomic E-state index is 0.0593. The van der Waals surface area contributed by atoms with Crippen molar-refractivity contribution in [3.63, 3.8) is 0 Å². The predicted octanol–water partition coefficient (Wildman–Crippen LogP) is -1.18. The zero-order chi connectivity index (χ0) is 12.2. The molecule has 1 rings (SSSR count). The molecule has 0 amide bonds. The fraction of sp³-hybridized carbons (Fsp3) is 0.875. The van der Waals surface area contributed by atoms with Crippen molar-refractivity contribution in [3.05, 3.63) is 0 Å². The molecule has 0 aliphatic carbocycles. The van der Waals surface area contributed by atoms with Gasteiger partial charge in [-0.2, -0.15) is 17.0 Å². The Morgan fingerprint density at radius 1 is 1.50 bits per heavy atom. The van der Waals surface area contributed by atoms with E-state index < -0.39 is 10.2 Å². The Hall–Kier alpha value is -0.700. The summed E-state index contributed by atoms with van der Waals surface area (Å²) >= 11 is 0. The Morgan fingerprint density at radius 2 is 2.06 bits per heavy atom. The van der Waals surface area contributed by atoms with Crippen LogP contribution in [-0.4, -0.2) is 62.3 Å². The lowest BCUT2D eigenvalue weighted by molar-refractivity contribution is 0.0705. The maximum Gasteiger partial charge on any atom is 0.282 e. The van der Waals surface area contributed by atoms with E-state index in [0.29, 0.717) is 32.8 Å². The molecule has 0 unspecified atom stereocenters. The Labute approximate surface area is 95.8 Å². The average molecular weight is 250 g/mol. The van der Waals surface area contributed by atoms with Crippen LogP contribution in [-0.2, 0) is 14.9 Å². The fourth-order valence-corrected chi connectivity index (χ4v) is 3.05. The van der Waals surface area contributed by atoms with Gasteiger partial charge in [-0.3, -0.25) is 5.41 Å². The summed E-state index contributed by atoms with van der Waals surface area (Å²) in [7, 11) is -3.50. The quantitative estimate of drug-likeness (QED) is 0.474. The number of amidine groups is 1. The van der Waals surface area contributed by atoms with Crippen LogP contribution in [0.3, 0.4) is 0 Å². The highest BCUT2D eigenvalue weighted by molar-refractivity contribution is 7.86. The highest BCUT2D eigenvalue weighted by Gasteiger charge is 2.30. The molecule has 1 aliphatic rings. The number of nitrogens with two attached hydrogens (primary N) is 1. The molecule has 0 aromatic carbocycles. The minimum Gasteiger partial charge on any atom is -0.387 e. The standard InChI is InChI=1S/C8H18N4O3S/c1-2-11(7-8(9)10)16(13,14)12-3-5-15-6-4-12/h2-7H2,1H3,(H3,9,10). The molecule has 1 heterocycles. The van der Waals surface area contributed by atoms with E-state index in [-0.39, 0.29) is 12.4 Å². The van der Waals surface area contributed by atoms with E-state index in [0.717, 1.165) is 0 Å². The summed E-state index contributed by atoms with van der Waals surface area (Å²) in [6.07, 6.45) is 0. The van der Waals surface area contributed by atoms with Gasteiger partial charge in [0.25, 0.3) is 10.2 Å². The van der Waals surface area contributed by atoms with E-state index in [1.54, 1.807) is 6.92 Å². The molecule has 0 radical (unpaired) electrons. The van der Waals surface area contributed by atoms with Crippen LogP contribution >= 0.6 is 0 Å². The normalized spacial score (nSPS) is 18.9. The van der Waals surface area contributed by atoms with Crippen molar-refractivity contribution in [2.24, 2.45) is 5.73 Å². The molecule has 8 heteroatoms. The molecule has 1 aliphatic heterocycles. The smallest absolute Gasteiger partial charge is 0.282 e. The van der Waals surface area contributed by atoms with Crippen LogP contribution in [0.4, 0.5) is 0 Å². The summed E-state index contributed by atoms with van der Waals surface area (Å²) < 4.78 is 31.8. The summed E-state index contributed by atoms with van der Waals surface area (Å²) in [6, 6.07) is 0. The third-order valence-electron chi connectivity index (χ3n) is 2.32. The Morgan fingerprint density at radius 3 is 2.50 bits per heavy atom. The van der Waals surface area contributed by atoms with Gasteiger partial charge < -0.3 is 10.5 Å². The van der Waals surface area contributed by atoms with Crippen molar-refractivity contribution in [2.75, 3.05) is 39.4 Å². The van der Waals surface area contributed by atoms with Crippen LogP contribution in [0.5, 0.6) is 0 Å². The monoisotopic (exact) mass is 250 g/mol. The first kappa shape index (κ1) is 13.4. The van der Waals surface area contributed by atoms with Crippen molar-refractivity contribution in [3.8, 4) is 0 Å². The van der Waals surface area contributed by atoms with Crippen LogP contribution < -0.4 is 5.73 Å². The molecular weight excluding hydrogens is 232 g/mol. The molecule has 0 aromatic rings. The van der Waals surface area contributed by atoms with Crippen molar-refractivity contribution in [2.45, 2.75) is 6.92 Å². The van der Waals surface area contributed by atoms with Gasteiger partial charge in [-0.1, -0.05) is 6.92 Å². The third kappa shape index (κ3) is 3.14. The number of hydrogen-bond acceptors (Lipinski definition) is 4. The Kier molecular flexibility index (Phi) is 4.66. The van der Waals surface area contributed by atoms with Crippen molar-refractivity contribution in [1.29, 1.82) is 5.41 Å². The van der Waals surface area contributed by atoms with Crippen molar-refractivity contribution >= 4 is 16.0 Å². The van der Waals surface area contributed by atoms with Gasteiger partial charge in [0.2, 0.25) is 0 Å². The van der Waals surface area contributed by atoms with Gasteiger partial charge in [0, 0.05) is 19.6 Å². The van der Waals surface area contributed by atoms with Gasteiger partial charge in [0.15, 0.2) is 0 Å². The summed E-state index contributed by atoms with van der Waals surface area (Å²) in [5.74, 6) is -0.154. The second kappa shape index (κ2) is 5.58. The largest absolute Gasteiger partial charge is 0.387 e. The van der Waals surface area contributed by atoms with Crippen molar-refractivity contribution in [1.82, 2.24) is 8.61 Å². The molecule has 94 valence electrons. The van der Waals surface area contributed by atoms with Gasteiger partial charge in [-0.25, -0.2) is 0 Å². The van der Waals surface area contributed by atoms with Crippen LogP contribution in [0.2, 0.25) is 0 Å². The number of rotatable bonds is 5. The lowest BCUT2D eigenvalue weighted by Gasteiger charge is -2.31. The maximum atomic E-state index is 12.1. The molecule has 16 heavy (non-hydrogen) atoms. The molecule has 0 saturated carbocycles. The molecule has 0 atom stereocenters. The lowest BCUT2D eigenvalue weighted by Crippen LogP contribution is -2.50. The van der Waals surface area contributed by atoms with E-state index in [2.05, 4.69) is 0 Å². The van der Waals surface area contributed by atoms with E-state index in [9.17, 15) is 8.42 Å². The van der Waals surface area contributed by atoms with Crippen molar-refractivity contribution < 1.29 is 13.2 Å². The molecule has 0 bridgehead atoms. The summed E-state index contributed by atoms with van der Waals surface area (Å²) in [5, 5.41) is 7.15. The highest BCUT2D eigenvalue weighted by atomic mass is 32.2. The Balaban J connectivity index is 2.76. The third-order valence-corrected chi connectivity index (χ3v) is 4.38. The fourth-order valence-electron chi connectivity index (χ4n) is 1.49. The van der Waals surface area contributed by atoms with Gasteiger partial charge >= 0.3 is 0 Å². The van der Waals surface area contributed by atoms with Gasteiger partial charge in [0.1, 0.15) is 5.84 Å². The predicted molar refractivity (Wildman–Crippen MR) is 60.5 cm³/mol. The second-order valence-electron chi connectivity index (χ2n) is 3.47. The van der Waals surface area contributed by atoms with Crippen LogP contribution in [0, 0.1) is 5.41 Å². The first-order valence-electron chi connectivity index (χ1n) is 5.14. The SMILES string of the molecule is CCN(CC(=N)N)S(=O)(=O)N1CCOCC1. The topological polar surface area (TPSA) is 99.7 Å².